The van der Waals surface area contributed by atoms with Crippen molar-refractivity contribution in [2.24, 2.45) is 0 Å². The highest BCUT2D eigenvalue weighted by Crippen LogP contribution is 2.32. The molecule has 0 radical (unpaired) electrons. The zero-order valence-electron chi connectivity index (χ0n) is 17.9. The van der Waals surface area contributed by atoms with E-state index in [0.717, 1.165) is 10.5 Å². The van der Waals surface area contributed by atoms with E-state index in [1.165, 1.54) is 7.11 Å². The van der Waals surface area contributed by atoms with Gasteiger partial charge in [-0.1, -0.05) is 57.2 Å². The minimum Gasteiger partial charge on any atom is -0.495 e. The fourth-order valence-corrected chi connectivity index (χ4v) is 3.41. The minimum absolute atomic E-state index is 0.117. The van der Waals surface area contributed by atoms with Crippen molar-refractivity contribution in [2.45, 2.75) is 38.6 Å². The van der Waals surface area contributed by atoms with Crippen LogP contribution in [0.25, 0.3) is 0 Å². The van der Waals surface area contributed by atoms with E-state index >= 15 is 0 Å². The van der Waals surface area contributed by atoms with Crippen molar-refractivity contribution < 1.29 is 19.1 Å². The summed E-state index contributed by atoms with van der Waals surface area (Å²) in [7, 11) is 1.52. The highest BCUT2D eigenvalue weighted by molar-refractivity contribution is 6.10. The second-order valence-corrected chi connectivity index (χ2v) is 8.53. The highest BCUT2D eigenvalue weighted by atomic mass is 16.5. The third-order valence-corrected chi connectivity index (χ3v) is 5.27. The summed E-state index contributed by atoms with van der Waals surface area (Å²) < 4.78 is 5.34. The van der Waals surface area contributed by atoms with Gasteiger partial charge in [0.2, 0.25) is 5.91 Å². The SMILES string of the molecule is COc1ccc(C(C)(C)C)cc1NC(=O)CN1C(=O)N[C@@](C)(c2ccccc2)C1=O. The van der Waals surface area contributed by atoms with Crippen LogP contribution < -0.4 is 15.4 Å². The summed E-state index contributed by atoms with van der Waals surface area (Å²) >= 11 is 0. The molecular formula is C23H27N3O4. The van der Waals surface area contributed by atoms with Crippen LogP contribution in [-0.4, -0.2) is 36.4 Å². The normalized spacial score (nSPS) is 18.9. The van der Waals surface area contributed by atoms with E-state index in [4.69, 9.17) is 4.74 Å². The van der Waals surface area contributed by atoms with E-state index in [1.807, 2.05) is 18.2 Å². The number of amides is 4. The number of hydrogen-bond donors (Lipinski definition) is 2. The summed E-state index contributed by atoms with van der Waals surface area (Å²) in [6, 6.07) is 13.9. The second-order valence-electron chi connectivity index (χ2n) is 8.53. The molecule has 2 aromatic carbocycles. The molecule has 1 saturated heterocycles. The van der Waals surface area contributed by atoms with Gasteiger partial charge in [-0.15, -0.1) is 0 Å². The second kappa shape index (κ2) is 7.82. The monoisotopic (exact) mass is 409 g/mol. The summed E-state index contributed by atoms with van der Waals surface area (Å²) in [5.74, 6) is -0.452. The van der Waals surface area contributed by atoms with Crippen LogP contribution in [-0.2, 0) is 20.5 Å². The van der Waals surface area contributed by atoms with Crippen LogP contribution in [0.2, 0.25) is 0 Å². The fourth-order valence-electron chi connectivity index (χ4n) is 3.41. The Morgan fingerprint density at radius 3 is 2.40 bits per heavy atom. The van der Waals surface area contributed by atoms with Gasteiger partial charge in [-0.2, -0.15) is 0 Å². The van der Waals surface area contributed by atoms with E-state index in [2.05, 4.69) is 31.4 Å². The first-order valence-electron chi connectivity index (χ1n) is 9.74. The minimum atomic E-state index is -1.21. The number of urea groups is 1. The van der Waals surface area contributed by atoms with Crippen LogP contribution in [0.5, 0.6) is 5.75 Å². The Balaban J connectivity index is 1.79. The number of rotatable bonds is 5. The first-order valence-corrected chi connectivity index (χ1v) is 9.74. The van der Waals surface area contributed by atoms with Gasteiger partial charge in [-0.25, -0.2) is 4.79 Å². The van der Waals surface area contributed by atoms with E-state index in [1.54, 1.807) is 37.3 Å². The lowest BCUT2D eigenvalue weighted by Crippen LogP contribution is -2.42. The smallest absolute Gasteiger partial charge is 0.325 e. The van der Waals surface area contributed by atoms with Crippen molar-refractivity contribution in [3.8, 4) is 5.75 Å². The first kappa shape index (κ1) is 21.4. The Morgan fingerprint density at radius 2 is 1.80 bits per heavy atom. The van der Waals surface area contributed by atoms with Crippen LogP contribution in [0, 0.1) is 0 Å². The molecule has 158 valence electrons. The Morgan fingerprint density at radius 1 is 1.13 bits per heavy atom. The molecule has 0 saturated carbocycles. The van der Waals surface area contributed by atoms with Gasteiger partial charge >= 0.3 is 6.03 Å². The lowest BCUT2D eigenvalue weighted by molar-refractivity contribution is -0.133. The van der Waals surface area contributed by atoms with Gasteiger partial charge in [0.15, 0.2) is 0 Å². The molecule has 0 aliphatic carbocycles. The molecule has 2 N–H and O–H groups in total. The molecule has 0 aromatic heterocycles. The molecule has 1 fully saturated rings. The van der Waals surface area contributed by atoms with E-state index in [9.17, 15) is 14.4 Å². The van der Waals surface area contributed by atoms with Crippen molar-refractivity contribution in [1.29, 1.82) is 0 Å². The number of nitrogens with zero attached hydrogens (tertiary/aromatic N) is 1. The molecule has 1 heterocycles. The largest absolute Gasteiger partial charge is 0.495 e. The lowest BCUT2D eigenvalue weighted by atomic mass is 9.87. The van der Waals surface area contributed by atoms with Crippen molar-refractivity contribution >= 4 is 23.5 Å². The van der Waals surface area contributed by atoms with Gasteiger partial charge in [0.1, 0.15) is 17.8 Å². The van der Waals surface area contributed by atoms with Gasteiger partial charge in [0, 0.05) is 0 Å². The molecule has 3 rings (SSSR count). The number of ether oxygens (including phenoxy) is 1. The molecule has 1 aliphatic rings. The maximum Gasteiger partial charge on any atom is 0.325 e. The predicted octanol–water partition coefficient (Wildman–Crippen LogP) is 3.40. The molecule has 0 bridgehead atoms. The number of carbonyl (C=O) groups is 3. The lowest BCUT2D eigenvalue weighted by Gasteiger charge is -2.22. The maximum atomic E-state index is 13.0. The quantitative estimate of drug-likeness (QED) is 0.741. The zero-order chi connectivity index (χ0) is 22.1. The van der Waals surface area contributed by atoms with E-state index in [0.29, 0.717) is 17.0 Å². The summed E-state index contributed by atoms with van der Waals surface area (Å²) in [6.45, 7) is 7.44. The Kier molecular flexibility index (Phi) is 5.57. The van der Waals surface area contributed by atoms with Crippen molar-refractivity contribution in [3.63, 3.8) is 0 Å². The number of carbonyl (C=O) groups excluding carboxylic acids is 3. The van der Waals surface area contributed by atoms with Crippen LogP contribution >= 0.6 is 0 Å². The van der Waals surface area contributed by atoms with Crippen molar-refractivity contribution in [3.05, 3.63) is 59.7 Å². The molecule has 30 heavy (non-hydrogen) atoms. The van der Waals surface area contributed by atoms with Gasteiger partial charge in [0.05, 0.1) is 12.8 Å². The topological polar surface area (TPSA) is 87.7 Å². The number of anilines is 1. The Labute approximate surface area is 176 Å². The highest BCUT2D eigenvalue weighted by Gasteiger charge is 2.49. The van der Waals surface area contributed by atoms with Crippen LogP contribution in [0.1, 0.15) is 38.8 Å². The first-order chi connectivity index (χ1) is 14.1. The molecule has 7 heteroatoms. The molecule has 0 unspecified atom stereocenters. The standard InChI is InChI=1S/C23H27N3O4/c1-22(2,3)16-11-12-18(30-5)17(13-16)24-19(27)14-26-20(28)23(4,25-21(26)29)15-9-7-6-8-10-15/h6-13H,14H2,1-5H3,(H,24,27)(H,25,29)/t23-/m0/s1. The molecular weight excluding hydrogens is 382 g/mol. The molecule has 4 amide bonds. The third-order valence-electron chi connectivity index (χ3n) is 5.27. The Hall–Kier alpha value is -3.35. The summed E-state index contributed by atoms with van der Waals surface area (Å²) in [5.41, 5.74) is 0.847. The summed E-state index contributed by atoms with van der Waals surface area (Å²) in [4.78, 5) is 39.1. The molecule has 7 nitrogen and oxygen atoms in total. The molecule has 1 atom stereocenters. The summed E-state index contributed by atoms with van der Waals surface area (Å²) in [6.07, 6.45) is 0. The molecule has 2 aromatic rings. The van der Waals surface area contributed by atoms with Gasteiger partial charge in [0.25, 0.3) is 5.91 Å². The molecule has 1 aliphatic heterocycles. The fraction of sp³-hybridized carbons (Fsp3) is 0.348. The third kappa shape index (κ3) is 4.01. The summed E-state index contributed by atoms with van der Waals surface area (Å²) in [5, 5.41) is 5.47. The van der Waals surface area contributed by atoms with E-state index in [-0.39, 0.29) is 5.41 Å². The number of imide groups is 1. The zero-order valence-corrected chi connectivity index (χ0v) is 17.9. The van der Waals surface area contributed by atoms with Gasteiger partial charge < -0.3 is 15.4 Å². The van der Waals surface area contributed by atoms with E-state index < -0.39 is 29.9 Å². The van der Waals surface area contributed by atoms with Crippen molar-refractivity contribution in [1.82, 2.24) is 10.2 Å². The Bertz CT molecular complexity index is 982. The molecule has 0 spiro atoms. The number of methoxy groups -OCH3 is 1. The van der Waals surface area contributed by atoms with Crippen LogP contribution in [0.4, 0.5) is 10.5 Å². The average Bonchev–Trinajstić information content (AvgIpc) is 2.92. The average molecular weight is 409 g/mol. The number of benzene rings is 2. The maximum absolute atomic E-state index is 13.0. The van der Waals surface area contributed by atoms with Crippen LogP contribution in [0.3, 0.4) is 0 Å². The van der Waals surface area contributed by atoms with Crippen LogP contribution in [0.15, 0.2) is 48.5 Å². The number of hydrogen-bond acceptors (Lipinski definition) is 4. The van der Waals surface area contributed by atoms with Gasteiger partial charge in [-0.3, -0.25) is 14.5 Å². The number of nitrogens with one attached hydrogen (secondary N) is 2. The predicted molar refractivity (Wildman–Crippen MR) is 114 cm³/mol. The van der Waals surface area contributed by atoms with Crippen molar-refractivity contribution in [2.75, 3.05) is 19.0 Å². The van der Waals surface area contributed by atoms with Gasteiger partial charge in [-0.05, 0) is 35.6 Å².